The van der Waals surface area contributed by atoms with E-state index < -0.39 is 0 Å². The molecule has 13 nitrogen and oxygen atoms in total. The number of carbonyl (C=O) groups excluding carboxylic acids is 2. The molecule has 0 spiro atoms. The minimum Gasteiger partial charge on any atom is -0.483 e. The second kappa shape index (κ2) is 13.8. The van der Waals surface area contributed by atoms with Gasteiger partial charge in [0.25, 0.3) is 11.8 Å². The van der Waals surface area contributed by atoms with Crippen molar-refractivity contribution >= 4 is 40.5 Å². The Morgan fingerprint density at radius 1 is 0.731 bits per heavy atom. The monoisotopic (exact) mass is 701 g/mol. The molecule has 2 amide bonds. The van der Waals surface area contributed by atoms with Crippen LogP contribution in [0.3, 0.4) is 0 Å². The fourth-order valence-corrected chi connectivity index (χ4v) is 6.75. The van der Waals surface area contributed by atoms with Crippen molar-refractivity contribution in [3.8, 4) is 34.5 Å². The normalized spacial score (nSPS) is 19.9. The van der Waals surface area contributed by atoms with Crippen LogP contribution in [0, 0.1) is 5.92 Å². The van der Waals surface area contributed by atoms with E-state index in [4.69, 9.17) is 24.7 Å². The van der Waals surface area contributed by atoms with Crippen LogP contribution in [0.1, 0.15) is 38.7 Å². The highest BCUT2D eigenvalue weighted by molar-refractivity contribution is 6.10. The van der Waals surface area contributed by atoms with Crippen molar-refractivity contribution in [1.82, 2.24) is 10.9 Å². The van der Waals surface area contributed by atoms with Crippen LogP contribution in [0.25, 0.3) is 0 Å². The number of amidine groups is 2. The summed E-state index contributed by atoms with van der Waals surface area (Å²) in [4.78, 5) is 27.9. The van der Waals surface area contributed by atoms with Gasteiger partial charge in [-0.15, -0.1) is 0 Å². The van der Waals surface area contributed by atoms with Crippen LogP contribution < -0.4 is 45.3 Å². The first-order chi connectivity index (χ1) is 25.3. The molecule has 266 valence electrons. The van der Waals surface area contributed by atoms with Crippen molar-refractivity contribution in [2.24, 2.45) is 16.1 Å². The maximum atomic E-state index is 12.2. The van der Waals surface area contributed by atoms with Gasteiger partial charge >= 0.3 is 0 Å². The van der Waals surface area contributed by atoms with Gasteiger partial charge < -0.3 is 34.5 Å². The Hall–Kier alpha value is -6.24. The number of nitrogens with two attached hydrogens (primary N) is 1. The minimum atomic E-state index is -0.388. The third-order valence-corrected chi connectivity index (χ3v) is 9.82. The zero-order chi connectivity index (χ0) is 35.8. The van der Waals surface area contributed by atoms with Crippen molar-refractivity contribution in [2.75, 3.05) is 28.7 Å². The highest BCUT2D eigenvalue weighted by atomic mass is 16.5. The molecule has 2 unspecified atom stereocenters. The summed E-state index contributed by atoms with van der Waals surface area (Å²) in [6.07, 6.45) is 4.78. The number of hydrazone groups is 2. The molecule has 13 heteroatoms. The molecule has 4 aromatic carbocycles. The zero-order valence-electron chi connectivity index (χ0n) is 28.9. The lowest BCUT2D eigenvalue weighted by Crippen LogP contribution is -2.55. The van der Waals surface area contributed by atoms with Crippen LogP contribution >= 0.6 is 0 Å². The van der Waals surface area contributed by atoms with Crippen molar-refractivity contribution in [1.29, 1.82) is 0 Å². The number of hydrogen-bond acceptors (Lipinski definition) is 11. The molecular weight excluding hydrogens is 662 g/mol. The van der Waals surface area contributed by atoms with E-state index in [-0.39, 0.29) is 30.5 Å². The van der Waals surface area contributed by atoms with E-state index in [0.29, 0.717) is 47.0 Å². The number of nitrogen functional groups attached to an aromatic ring is 1. The molecule has 0 radical (unpaired) electrons. The van der Waals surface area contributed by atoms with E-state index in [1.165, 1.54) is 19.3 Å². The molecule has 0 aromatic heterocycles. The number of hydrogen-bond donors (Lipinski definition) is 3. The lowest BCUT2D eigenvalue weighted by atomic mass is 9.80. The first-order valence-corrected chi connectivity index (χ1v) is 17.5. The smallest absolute Gasteiger partial charge is 0.262 e. The van der Waals surface area contributed by atoms with Gasteiger partial charge in [-0.3, -0.25) is 9.59 Å². The van der Waals surface area contributed by atoms with Crippen molar-refractivity contribution in [3.63, 3.8) is 0 Å². The van der Waals surface area contributed by atoms with Crippen LogP contribution in [0.5, 0.6) is 34.5 Å². The second-order valence-electron chi connectivity index (χ2n) is 13.3. The Kier molecular flexibility index (Phi) is 8.75. The number of para-hydroxylation sites is 2. The van der Waals surface area contributed by atoms with Gasteiger partial charge in [0.1, 0.15) is 54.0 Å². The van der Waals surface area contributed by atoms with Crippen molar-refractivity contribution < 1.29 is 28.5 Å². The number of fused-ring (bicyclic) bond motifs is 6. The molecule has 4 heterocycles. The summed E-state index contributed by atoms with van der Waals surface area (Å²) in [6, 6.07) is 26.1. The van der Waals surface area contributed by atoms with Crippen LogP contribution in [0.2, 0.25) is 0 Å². The molecule has 5 aliphatic rings. The SMILES string of the molecule is CC1C(=O)NN=C2COc3cc(Oc4ccccc4)c(CC4CCC4)cc3N21.CC1C(=O)NN=C2COc3cc(Oc4ccccc4)c(N)cc3N21. The van der Waals surface area contributed by atoms with Crippen LogP contribution in [-0.2, 0) is 16.0 Å². The number of nitrogens with zero attached hydrogens (tertiary/aromatic N) is 4. The van der Waals surface area contributed by atoms with Gasteiger partial charge in [-0.1, -0.05) is 55.7 Å². The molecular formula is C39H39N7O6. The Balaban J connectivity index is 0.000000151. The summed E-state index contributed by atoms with van der Waals surface area (Å²) in [5.74, 6) is 5.94. The lowest BCUT2D eigenvalue weighted by molar-refractivity contribution is -0.123. The summed E-state index contributed by atoms with van der Waals surface area (Å²) in [6.45, 7) is 4.29. The topological polar surface area (TPSA) is 152 Å². The Labute approximate surface area is 301 Å². The molecule has 52 heavy (non-hydrogen) atoms. The molecule has 2 atom stereocenters. The molecule has 4 N–H and O–H groups in total. The van der Waals surface area contributed by atoms with E-state index in [9.17, 15) is 9.59 Å². The van der Waals surface area contributed by atoms with Gasteiger partial charge in [0.15, 0.2) is 17.4 Å². The van der Waals surface area contributed by atoms with E-state index in [1.54, 1.807) is 12.1 Å². The zero-order valence-corrected chi connectivity index (χ0v) is 28.9. The Bertz CT molecular complexity index is 2070. The van der Waals surface area contributed by atoms with E-state index in [1.807, 2.05) is 90.4 Å². The summed E-state index contributed by atoms with van der Waals surface area (Å²) in [5.41, 5.74) is 14.4. The number of nitrogens with one attached hydrogen (secondary N) is 2. The minimum absolute atomic E-state index is 0.109. The highest BCUT2D eigenvalue weighted by Crippen LogP contribution is 2.44. The lowest BCUT2D eigenvalue weighted by Gasteiger charge is -2.38. The van der Waals surface area contributed by atoms with Gasteiger partial charge in [-0.2, -0.15) is 10.2 Å². The molecule has 4 aliphatic heterocycles. The first kappa shape index (κ1) is 32.9. The van der Waals surface area contributed by atoms with Crippen LogP contribution in [0.4, 0.5) is 17.1 Å². The number of anilines is 3. The van der Waals surface area contributed by atoms with Crippen LogP contribution in [0.15, 0.2) is 95.1 Å². The quantitative estimate of drug-likeness (QED) is 0.207. The van der Waals surface area contributed by atoms with Crippen LogP contribution in [-0.4, -0.2) is 48.8 Å². The molecule has 0 saturated heterocycles. The number of ether oxygens (including phenoxy) is 4. The fraction of sp³-hybridized carbons (Fsp3) is 0.282. The number of rotatable bonds is 6. The average molecular weight is 702 g/mol. The maximum absolute atomic E-state index is 12.2. The third-order valence-electron chi connectivity index (χ3n) is 9.82. The van der Waals surface area contributed by atoms with Crippen molar-refractivity contribution in [2.45, 2.75) is 51.6 Å². The first-order valence-electron chi connectivity index (χ1n) is 17.5. The molecule has 4 aromatic rings. The summed E-state index contributed by atoms with van der Waals surface area (Å²) in [5, 5.41) is 8.22. The Morgan fingerprint density at radius 2 is 1.23 bits per heavy atom. The molecule has 0 bridgehead atoms. The predicted octanol–water partition coefficient (Wildman–Crippen LogP) is 5.94. The number of amides is 2. The summed E-state index contributed by atoms with van der Waals surface area (Å²) < 4.78 is 23.7. The fourth-order valence-electron chi connectivity index (χ4n) is 6.75. The number of benzene rings is 4. The standard InChI is InChI=1S/C22H23N3O3.C17H16N4O3/c1-14-22(26)24-23-21-13-27-20-12-19(28-17-8-3-2-4-9-17)16(10-15-6-5-7-15)11-18(20)25(14)21;1-10-17(22)20-19-16-9-23-15-8-14(12(18)7-13(15)21(10)16)24-11-5-3-2-4-6-11/h2-4,8-9,11-12,14-15H,5-7,10,13H2,1H3,(H,24,26);2-8,10H,9,18H2,1H3,(H,20,22). The second-order valence-corrected chi connectivity index (χ2v) is 13.3. The van der Waals surface area contributed by atoms with Crippen molar-refractivity contribution in [3.05, 3.63) is 90.5 Å². The average Bonchev–Trinajstić information content (AvgIpc) is 3.14. The molecule has 1 fully saturated rings. The maximum Gasteiger partial charge on any atom is 0.262 e. The van der Waals surface area contributed by atoms with Gasteiger partial charge in [0.2, 0.25) is 0 Å². The van der Waals surface area contributed by atoms with Gasteiger partial charge in [0.05, 0.1) is 17.1 Å². The summed E-state index contributed by atoms with van der Waals surface area (Å²) >= 11 is 0. The predicted molar refractivity (Wildman–Crippen MR) is 197 cm³/mol. The van der Waals surface area contributed by atoms with Gasteiger partial charge in [0, 0.05) is 12.1 Å². The third kappa shape index (κ3) is 6.41. The largest absolute Gasteiger partial charge is 0.483 e. The summed E-state index contributed by atoms with van der Waals surface area (Å²) in [7, 11) is 0. The molecule has 1 saturated carbocycles. The van der Waals surface area contributed by atoms with Gasteiger partial charge in [-0.05, 0) is 68.1 Å². The Morgan fingerprint density at radius 3 is 1.75 bits per heavy atom. The van der Waals surface area contributed by atoms with E-state index in [0.717, 1.165) is 40.8 Å². The van der Waals surface area contributed by atoms with Gasteiger partial charge in [-0.25, -0.2) is 10.9 Å². The highest BCUT2D eigenvalue weighted by Gasteiger charge is 2.37. The number of carbonyl (C=O) groups is 2. The van der Waals surface area contributed by atoms with E-state index >= 15 is 0 Å². The molecule has 1 aliphatic carbocycles. The van der Waals surface area contributed by atoms with E-state index in [2.05, 4.69) is 27.1 Å². The molecule has 9 rings (SSSR count).